The highest BCUT2D eigenvalue weighted by Gasteiger charge is 2.20. The van der Waals surface area contributed by atoms with Crippen molar-refractivity contribution in [3.8, 4) is 0 Å². The molecule has 4 rings (SSSR count). The van der Waals surface area contributed by atoms with Crippen LogP contribution in [0.4, 0.5) is 4.39 Å². The van der Waals surface area contributed by atoms with Crippen LogP contribution in [0.25, 0.3) is 10.9 Å². The summed E-state index contributed by atoms with van der Waals surface area (Å²) in [6.07, 6.45) is 0.575. The van der Waals surface area contributed by atoms with Crippen molar-refractivity contribution in [2.45, 2.75) is 39.5 Å². The van der Waals surface area contributed by atoms with Gasteiger partial charge in [-0.2, -0.15) is 0 Å². The first-order valence-corrected chi connectivity index (χ1v) is 9.25. The number of aliphatic hydroxyl groups excluding tert-OH is 1. The maximum atomic E-state index is 13.6. The van der Waals surface area contributed by atoms with Gasteiger partial charge >= 0.3 is 0 Å². The molecule has 0 saturated carbocycles. The van der Waals surface area contributed by atoms with Crippen LogP contribution in [-0.4, -0.2) is 33.8 Å². The largest absolute Gasteiger partial charge is 0.390 e. The van der Waals surface area contributed by atoms with Gasteiger partial charge in [-0.3, -0.25) is 4.90 Å². The summed E-state index contributed by atoms with van der Waals surface area (Å²) >= 11 is 0. The molecule has 0 aliphatic carbocycles. The summed E-state index contributed by atoms with van der Waals surface area (Å²) in [5, 5.41) is 11.6. The Balaban J connectivity index is 0.00000210. The van der Waals surface area contributed by atoms with Crippen molar-refractivity contribution in [1.82, 2.24) is 9.47 Å². The fourth-order valence-electron chi connectivity index (χ4n) is 4.13. The summed E-state index contributed by atoms with van der Waals surface area (Å²) in [5.41, 5.74) is 5.94. The third kappa shape index (κ3) is 3.88. The Labute approximate surface area is 165 Å². The molecule has 3 nitrogen and oxygen atoms in total. The summed E-state index contributed by atoms with van der Waals surface area (Å²) in [7, 11) is 0. The summed E-state index contributed by atoms with van der Waals surface area (Å²) in [5.74, 6) is -0.217. The van der Waals surface area contributed by atoms with Crippen LogP contribution in [0.15, 0.2) is 42.5 Å². The quantitative estimate of drug-likeness (QED) is 0.724. The smallest absolute Gasteiger partial charge is 0.123 e. The van der Waals surface area contributed by atoms with Crippen LogP contribution in [-0.2, 0) is 19.5 Å². The number of aliphatic hydroxyl groups is 1. The van der Waals surface area contributed by atoms with Crippen molar-refractivity contribution in [1.29, 1.82) is 0 Å². The van der Waals surface area contributed by atoms with Gasteiger partial charge in [0.1, 0.15) is 5.82 Å². The van der Waals surface area contributed by atoms with E-state index in [4.69, 9.17) is 0 Å². The Hall–Kier alpha value is -1.88. The van der Waals surface area contributed by atoms with E-state index >= 15 is 0 Å². The first kappa shape index (κ1) is 19.9. The minimum Gasteiger partial charge on any atom is -0.390 e. The molecule has 3 aromatic rings. The van der Waals surface area contributed by atoms with E-state index in [1.54, 1.807) is 6.07 Å². The van der Waals surface area contributed by atoms with Gasteiger partial charge in [-0.15, -0.1) is 12.4 Å². The maximum absolute atomic E-state index is 13.6. The van der Waals surface area contributed by atoms with Gasteiger partial charge in [0, 0.05) is 36.2 Å². The van der Waals surface area contributed by atoms with E-state index in [1.807, 2.05) is 19.9 Å². The van der Waals surface area contributed by atoms with Crippen LogP contribution in [0, 0.1) is 19.7 Å². The molecule has 5 heteroatoms. The third-order valence-corrected chi connectivity index (χ3v) is 5.67. The van der Waals surface area contributed by atoms with E-state index < -0.39 is 6.10 Å². The SMILES string of the molecule is Cc1c(C)n(CC(O)CN2CCc3ccccc3C2)c2ccc(F)cc12.Cl. The predicted molar refractivity (Wildman–Crippen MR) is 110 cm³/mol. The van der Waals surface area contributed by atoms with Crippen molar-refractivity contribution in [2.75, 3.05) is 13.1 Å². The van der Waals surface area contributed by atoms with Crippen LogP contribution in [0.3, 0.4) is 0 Å². The fourth-order valence-corrected chi connectivity index (χ4v) is 4.13. The molecule has 2 aromatic carbocycles. The molecule has 1 N–H and O–H groups in total. The lowest BCUT2D eigenvalue weighted by Gasteiger charge is -2.30. The zero-order valence-electron chi connectivity index (χ0n) is 15.8. The van der Waals surface area contributed by atoms with E-state index in [0.29, 0.717) is 13.1 Å². The Morgan fingerprint density at radius 2 is 1.81 bits per heavy atom. The molecular weight excluding hydrogens is 363 g/mol. The monoisotopic (exact) mass is 388 g/mol. The van der Waals surface area contributed by atoms with Crippen molar-refractivity contribution in [2.24, 2.45) is 0 Å². The van der Waals surface area contributed by atoms with E-state index in [9.17, 15) is 9.50 Å². The van der Waals surface area contributed by atoms with Crippen LogP contribution in [0.5, 0.6) is 0 Å². The van der Waals surface area contributed by atoms with Crippen LogP contribution < -0.4 is 0 Å². The average Bonchev–Trinajstić information content (AvgIpc) is 2.86. The number of aromatic nitrogens is 1. The molecule has 0 bridgehead atoms. The number of hydrogen-bond donors (Lipinski definition) is 1. The number of aryl methyl sites for hydroxylation is 1. The Bertz CT molecular complexity index is 953. The van der Waals surface area contributed by atoms with Crippen molar-refractivity contribution in [3.05, 3.63) is 70.7 Å². The van der Waals surface area contributed by atoms with Gasteiger partial charge in [0.2, 0.25) is 0 Å². The van der Waals surface area contributed by atoms with Crippen LogP contribution in [0.2, 0.25) is 0 Å². The summed E-state index contributed by atoms with van der Waals surface area (Å²) < 4.78 is 15.7. The zero-order valence-corrected chi connectivity index (χ0v) is 16.6. The lowest BCUT2D eigenvalue weighted by Crippen LogP contribution is -2.38. The lowest BCUT2D eigenvalue weighted by atomic mass is 10.00. The molecule has 1 atom stereocenters. The van der Waals surface area contributed by atoms with Gasteiger partial charge in [0.05, 0.1) is 12.6 Å². The highest BCUT2D eigenvalue weighted by molar-refractivity contribution is 5.85. The fraction of sp³-hybridized carbons (Fsp3) is 0.364. The second-order valence-corrected chi connectivity index (χ2v) is 7.39. The maximum Gasteiger partial charge on any atom is 0.123 e. The van der Waals surface area contributed by atoms with Gasteiger partial charge in [0.25, 0.3) is 0 Å². The minimum atomic E-state index is -0.459. The van der Waals surface area contributed by atoms with Crippen molar-refractivity contribution in [3.63, 3.8) is 0 Å². The van der Waals surface area contributed by atoms with Crippen molar-refractivity contribution < 1.29 is 9.50 Å². The normalized spacial score (nSPS) is 15.4. The molecule has 144 valence electrons. The molecule has 1 aliphatic rings. The molecule has 0 fully saturated rings. The molecule has 27 heavy (non-hydrogen) atoms. The lowest BCUT2D eigenvalue weighted by molar-refractivity contribution is 0.0923. The number of rotatable bonds is 4. The van der Waals surface area contributed by atoms with Gasteiger partial charge in [-0.05, 0) is 55.2 Å². The number of fused-ring (bicyclic) bond motifs is 2. The Morgan fingerprint density at radius 3 is 2.59 bits per heavy atom. The molecule has 0 amide bonds. The number of β-amino-alcohol motifs (C(OH)–C–C–N with tert-alkyl or cyclic N) is 1. The summed E-state index contributed by atoms with van der Waals surface area (Å²) in [6, 6.07) is 13.4. The molecule has 1 aliphatic heterocycles. The average molecular weight is 389 g/mol. The first-order valence-electron chi connectivity index (χ1n) is 9.25. The number of hydrogen-bond acceptors (Lipinski definition) is 2. The molecule has 0 radical (unpaired) electrons. The Morgan fingerprint density at radius 1 is 1.07 bits per heavy atom. The zero-order chi connectivity index (χ0) is 18.3. The molecular formula is C22H26ClFN2O. The topological polar surface area (TPSA) is 28.4 Å². The first-order chi connectivity index (χ1) is 12.5. The molecule has 1 aromatic heterocycles. The molecule has 0 saturated heterocycles. The van der Waals surface area contributed by atoms with E-state index in [2.05, 4.69) is 33.7 Å². The second-order valence-electron chi connectivity index (χ2n) is 7.39. The number of benzene rings is 2. The molecule has 0 spiro atoms. The van der Waals surface area contributed by atoms with Gasteiger partial charge in [-0.1, -0.05) is 24.3 Å². The minimum absolute atomic E-state index is 0. The standard InChI is InChI=1S/C22H25FN2O.ClH/c1-15-16(2)25(22-8-7-19(23)11-21(15)22)14-20(26)13-24-10-9-17-5-3-4-6-18(17)12-24;/h3-8,11,20,26H,9-10,12-14H2,1-2H3;1H. The molecule has 1 unspecified atom stereocenters. The van der Waals surface area contributed by atoms with Crippen LogP contribution >= 0.6 is 12.4 Å². The van der Waals surface area contributed by atoms with Gasteiger partial charge in [-0.25, -0.2) is 4.39 Å². The summed E-state index contributed by atoms with van der Waals surface area (Å²) in [4.78, 5) is 2.32. The molecule has 2 heterocycles. The predicted octanol–water partition coefficient (Wildman–Crippen LogP) is 4.24. The van der Waals surface area contributed by atoms with Gasteiger partial charge in [0.15, 0.2) is 0 Å². The van der Waals surface area contributed by atoms with E-state index in [0.717, 1.165) is 41.7 Å². The number of nitrogens with zero attached hydrogens (tertiary/aromatic N) is 2. The Kier molecular flexibility index (Phi) is 5.89. The third-order valence-electron chi connectivity index (χ3n) is 5.67. The van der Waals surface area contributed by atoms with E-state index in [1.165, 1.54) is 17.2 Å². The highest BCUT2D eigenvalue weighted by atomic mass is 35.5. The second kappa shape index (κ2) is 8.01. The summed E-state index contributed by atoms with van der Waals surface area (Å²) in [6.45, 7) is 7.10. The van der Waals surface area contributed by atoms with Crippen molar-refractivity contribution >= 4 is 23.3 Å². The van der Waals surface area contributed by atoms with Gasteiger partial charge < -0.3 is 9.67 Å². The number of halogens is 2. The van der Waals surface area contributed by atoms with E-state index in [-0.39, 0.29) is 18.2 Å². The highest BCUT2D eigenvalue weighted by Crippen LogP contribution is 2.26. The van der Waals surface area contributed by atoms with Crippen LogP contribution in [0.1, 0.15) is 22.4 Å².